The predicted octanol–water partition coefficient (Wildman–Crippen LogP) is 3.46. The highest BCUT2D eigenvalue weighted by Gasteiger charge is 2.18. The van der Waals surface area contributed by atoms with E-state index in [1.54, 1.807) is 23.6 Å². The number of fused-ring (bicyclic) bond motifs is 1. The smallest absolute Gasteiger partial charge is 0.336 e. The molecule has 0 aliphatic rings. The van der Waals surface area contributed by atoms with Crippen molar-refractivity contribution in [2.45, 2.75) is 33.9 Å². The Bertz CT molecular complexity index is 1370. The van der Waals surface area contributed by atoms with Crippen LogP contribution in [0.25, 0.3) is 15.9 Å². The molecule has 31 heavy (non-hydrogen) atoms. The Morgan fingerprint density at radius 2 is 1.61 bits per heavy atom. The maximum Gasteiger partial charge on any atom is 0.336 e. The zero-order valence-corrected chi connectivity index (χ0v) is 18.5. The van der Waals surface area contributed by atoms with Crippen molar-refractivity contribution in [2.24, 2.45) is 0 Å². The van der Waals surface area contributed by atoms with Crippen LogP contribution in [0, 0.1) is 20.8 Å². The lowest BCUT2D eigenvalue weighted by Gasteiger charge is -2.13. The molecule has 1 N–H and O–H groups in total. The van der Waals surface area contributed by atoms with Gasteiger partial charge in [0.15, 0.2) is 0 Å². The Labute approximate surface area is 183 Å². The van der Waals surface area contributed by atoms with Crippen LogP contribution in [0.4, 0.5) is 0 Å². The van der Waals surface area contributed by atoms with Gasteiger partial charge in [-0.3, -0.25) is 14.2 Å². The molecular formula is C24H23N3O3S. The van der Waals surface area contributed by atoms with E-state index >= 15 is 0 Å². The minimum absolute atomic E-state index is 0.164. The summed E-state index contributed by atoms with van der Waals surface area (Å²) in [6.07, 6.45) is 0. The number of aromatic nitrogens is 2. The van der Waals surface area contributed by atoms with Gasteiger partial charge in [0.25, 0.3) is 5.56 Å². The molecule has 0 saturated carbocycles. The van der Waals surface area contributed by atoms with E-state index < -0.39 is 5.69 Å². The normalized spacial score (nSPS) is 11.1. The number of hydrogen-bond acceptors (Lipinski definition) is 4. The number of amides is 1. The molecule has 7 heteroatoms. The summed E-state index contributed by atoms with van der Waals surface area (Å²) in [5.41, 5.74) is 4.14. The van der Waals surface area contributed by atoms with Crippen LogP contribution in [0.1, 0.15) is 22.3 Å². The Hall–Kier alpha value is -3.45. The minimum atomic E-state index is -0.522. The molecule has 2 aromatic carbocycles. The van der Waals surface area contributed by atoms with Crippen molar-refractivity contribution in [1.82, 2.24) is 14.5 Å². The number of hydrogen-bond donors (Lipinski definition) is 1. The van der Waals surface area contributed by atoms with Gasteiger partial charge in [-0.2, -0.15) is 0 Å². The third kappa shape index (κ3) is 4.22. The molecule has 0 aliphatic heterocycles. The second-order valence-corrected chi connectivity index (χ2v) is 8.67. The van der Waals surface area contributed by atoms with Crippen molar-refractivity contribution < 1.29 is 4.79 Å². The van der Waals surface area contributed by atoms with Gasteiger partial charge in [-0.1, -0.05) is 35.9 Å². The summed E-state index contributed by atoms with van der Waals surface area (Å²) in [4.78, 5) is 39.0. The summed E-state index contributed by atoms with van der Waals surface area (Å²) in [6, 6.07) is 15.2. The van der Waals surface area contributed by atoms with Gasteiger partial charge in [-0.25, -0.2) is 9.36 Å². The molecule has 0 radical (unpaired) electrons. The summed E-state index contributed by atoms with van der Waals surface area (Å²) in [5.74, 6) is -0.291. The van der Waals surface area contributed by atoms with Gasteiger partial charge < -0.3 is 5.32 Å². The molecule has 0 saturated heterocycles. The van der Waals surface area contributed by atoms with Crippen molar-refractivity contribution >= 4 is 27.5 Å². The van der Waals surface area contributed by atoms with E-state index in [9.17, 15) is 14.4 Å². The first-order valence-electron chi connectivity index (χ1n) is 9.97. The Morgan fingerprint density at radius 3 is 2.29 bits per heavy atom. The van der Waals surface area contributed by atoms with Gasteiger partial charge in [0.05, 0.1) is 11.2 Å². The lowest BCUT2D eigenvalue weighted by molar-refractivity contribution is -0.121. The Kier molecular flexibility index (Phi) is 5.61. The number of carbonyl (C=O) groups excluding carboxylic acids is 1. The van der Waals surface area contributed by atoms with Crippen LogP contribution in [0.3, 0.4) is 0 Å². The topological polar surface area (TPSA) is 73.1 Å². The van der Waals surface area contributed by atoms with Crippen LogP contribution >= 0.6 is 11.3 Å². The number of nitrogens with zero attached hydrogens (tertiary/aromatic N) is 2. The van der Waals surface area contributed by atoms with Gasteiger partial charge in [-0.05, 0) is 61.0 Å². The number of aryl methyl sites for hydroxylation is 3. The molecule has 0 fully saturated rings. The van der Waals surface area contributed by atoms with Crippen molar-refractivity contribution in [3.05, 3.63) is 97.0 Å². The summed E-state index contributed by atoms with van der Waals surface area (Å²) >= 11 is 1.27. The van der Waals surface area contributed by atoms with Crippen molar-refractivity contribution in [1.29, 1.82) is 0 Å². The third-order valence-electron chi connectivity index (χ3n) is 5.13. The number of rotatable bonds is 5. The zero-order chi connectivity index (χ0) is 22.1. The first kappa shape index (κ1) is 20.8. The zero-order valence-electron chi connectivity index (χ0n) is 17.6. The monoisotopic (exact) mass is 433 g/mol. The molecule has 6 nitrogen and oxygen atoms in total. The van der Waals surface area contributed by atoms with Crippen LogP contribution in [0.2, 0.25) is 0 Å². The summed E-state index contributed by atoms with van der Waals surface area (Å²) in [6.45, 7) is 6.05. The molecule has 0 aliphatic carbocycles. The lowest BCUT2D eigenvalue weighted by Crippen LogP contribution is -2.41. The average molecular weight is 434 g/mol. The molecular weight excluding hydrogens is 410 g/mol. The number of carbonyl (C=O) groups is 1. The summed E-state index contributed by atoms with van der Waals surface area (Å²) < 4.78 is 2.98. The molecule has 4 rings (SSSR count). The van der Waals surface area contributed by atoms with Gasteiger partial charge in [0.1, 0.15) is 11.2 Å². The maximum atomic E-state index is 13.3. The van der Waals surface area contributed by atoms with E-state index in [-0.39, 0.29) is 18.0 Å². The van der Waals surface area contributed by atoms with Crippen LogP contribution in [-0.4, -0.2) is 15.0 Å². The van der Waals surface area contributed by atoms with Gasteiger partial charge in [0.2, 0.25) is 5.91 Å². The minimum Gasteiger partial charge on any atom is -0.350 e. The van der Waals surface area contributed by atoms with E-state index in [1.807, 2.05) is 51.1 Å². The first-order chi connectivity index (χ1) is 14.8. The highest BCUT2D eigenvalue weighted by atomic mass is 32.1. The average Bonchev–Trinajstić information content (AvgIpc) is 3.20. The Balaban J connectivity index is 1.71. The van der Waals surface area contributed by atoms with Gasteiger partial charge >= 0.3 is 5.69 Å². The number of nitrogens with one attached hydrogen (secondary N) is 1. The molecule has 2 aromatic heterocycles. The first-order valence-corrected chi connectivity index (χ1v) is 10.9. The van der Waals surface area contributed by atoms with Crippen LogP contribution < -0.4 is 16.6 Å². The van der Waals surface area contributed by atoms with E-state index in [0.717, 1.165) is 26.8 Å². The fourth-order valence-corrected chi connectivity index (χ4v) is 4.48. The standard InChI is InChI=1S/C24H23N3O3S/c1-15-4-6-18(7-5-15)13-25-21(28)14-26-20-8-9-31-22(20)23(29)27(24(26)30)19-11-16(2)10-17(3)12-19/h4-12H,13-14H2,1-3H3,(H,25,28). The van der Waals surface area contributed by atoms with E-state index in [4.69, 9.17) is 0 Å². The molecule has 0 unspecified atom stereocenters. The summed E-state index contributed by atoms with van der Waals surface area (Å²) in [5, 5.41) is 4.62. The number of thiophene rings is 1. The molecule has 0 spiro atoms. The molecule has 1 amide bonds. The molecule has 158 valence electrons. The van der Waals surface area contributed by atoms with Crippen LogP contribution in [0.15, 0.2) is 63.5 Å². The highest BCUT2D eigenvalue weighted by molar-refractivity contribution is 7.17. The largest absolute Gasteiger partial charge is 0.350 e. The summed E-state index contributed by atoms with van der Waals surface area (Å²) in [7, 11) is 0. The van der Waals surface area contributed by atoms with E-state index in [0.29, 0.717) is 22.4 Å². The van der Waals surface area contributed by atoms with E-state index in [2.05, 4.69) is 5.32 Å². The molecule has 4 aromatic rings. The lowest BCUT2D eigenvalue weighted by atomic mass is 10.1. The second kappa shape index (κ2) is 8.35. The highest BCUT2D eigenvalue weighted by Crippen LogP contribution is 2.17. The van der Waals surface area contributed by atoms with Gasteiger partial charge in [0, 0.05) is 6.54 Å². The molecule has 2 heterocycles. The molecule has 0 bridgehead atoms. The SMILES string of the molecule is Cc1ccc(CNC(=O)Cn2c(=O)n(-c3cc(C)cc(C)c3)c(=O)c3sccc32)cc1. The maximum absolute atomic E-state index is 13.3. The molecule has 0 atom stereocenters. The number of benzene rings is 2. The fraction of sp³-hybridized carbons (Fsp3) is 0.208. The predicted molar refractivity (Wildman–Crippen MR) is 124 cm³/mol. The van der Waals surface area contributed by atoms with Crippen LogP contribution in [0.5, 0.6) is 0 Å². The van der Waals surface area contributed by atoms with Crippen molar-refractivity contribution in [3.8, 4) is 5.69 Å². The quantitative estimate of drug-likeness (QED) is 0.524. The van der Waals surface area contributed by atoms with Crippen molar-refractivity contribution in [2.75, 3.05) is 0 Å². The Morgan fingerprint density at radius 1 is 0.935 bits per heavy atom. The van der Waals surface area contributed by atoms with Gasteiger partial charge in [-0.15, -0.1) is 11.3 Å². The van der Waals surface area contributed by atoms with Crippen LogP contribution in [-0.2, 0) is 17.9 Å². The van der Waals surface area contributed by atoms with Crippen molar-refractivity contribution in [3.63, 3.8) is 0 Å². The van der Waals surface area contributed by atoms with E-state index in [1.165, 1.54) is 15.9 Å². The second-order valence-electron chi connectivity index (χ2n) is 7.75. The third-order valence-corrected chi connectivity index (χ3v) is 6.02. The fourth-order valence-electron chi connectivity index (χ4n) is 3.65.